The van der Waals surface area contributed by atoms with Gasteiger partial charge in [-0.2, -0.15) is 5.26 Å². The summed E-state index contributed by atoms with van der Waals surface area (Å²) >= 11 is 3.13. The van der Waals surface area contributed by atoms with Gasteiger partial charge in [0.2, 0.25) is 0 Å². The fraction of sp³-hybridized carbons (Fsp3) is 0. The zero-order valence-corrected chi connectivity index (χ0v) is 17.0. The van der Waals surface area contributed by atoms with E-state index in [9.17, 15) is 5.26 Å². The molecule has 0 saturated carbocycles. The molecule has 0 atom stereocenters. The van der Waals surface area contributed by atoms with Gasteiger partial charge in [0.05, 0.1) is 11.2 Å². The van der Waals surface area contributed by atoms with Crippen molar-refractivity contribution in [1.29, 1.82) is 5.26 Å². The van der Waals surface area contributed by atoms with Crippen LogP contribution < -0.4 is 0 Å². The Balaban J connectivity index is 1.88. The molecule has 138 valence electrons. The lowest BCUT2D eigenvalue weighted by molar-refractivity contribution is 1.22. The molecule has 0 aliphatic rings. The van der Waals surface area contributed by atoms with Crippen molar-refractivity contribution in [3.05, 3.63) is 95.4 Å². The first-order chi connectivity index (χ1) is 14.4. The second-order valence-electron chi connectivity index (χ2n) is 6.46. The predicted octanol–water partition coefficient (Wildman–Crippen LogP) is 6.86. The summed E-state index contributed by atoms with van der Waals surface area (Å²) in [5, 5.41) is 12.8. The molecule has 3 heterocycles. The van der Waals surface area contributed by atoms with Gasteiger partial charge in [-0.3, -0.25) is 8.96 Å². The molecule has 0 spiro atoms. The van der Waals surface area contributed by atoms with Crippen LogP contribution in [0, 0.1) is 11.3 Å². The van der Waals surface area contributed by atoms with Gasteiger partial charge >= 0.3 is 0 Å². The number of hydrogen-bond acceptors (Lipinski definition) is 4. The number of nitrogens with zero attached hydrogens (tertiary/aromatic N) is 3. The number of thiophene rings is 1. The Morgan fingerprint density at radius 2 is 1.76 bits per heavy atom. The summed E-state index contributed by atoms with van der Waals surface area (Å²) in [6.07, 6.45) is 3.66. The minimum absolute atomic E-state index is 0.733. The number of pyridine rings is 1. The Labute approximate surface area is 177 Å². The molecule has 29 heavy (non-hydrogen) atoms. The van der Waals surface area contributed by atoms with Crippen LogP contribution in [0.2, 0.25) is 0 Å². The maximum atomic E-state index is 9.68. The average Bonchev–Trinajstić information content (AvgIpc) is 3.37. The SMILES string of the molecule is N#Cc1sccc1-c1c(-c2ccccc2)n(Sc2cccnc2)c2ccccc12. The fourth-order valence-corrected chi connectivity index (χ4v) is 5.23. The van der Waals surface area contributed by atoms with Gasteiger partial charge in [0.15, 0.2) is 0 Å². The third kappa shape index (κ3) is 3.13. The maximum Gasteiger partial charge on any atom is 0.112 e. The Hall–Kier alpha value is -3.33. The highest BCUT2D eigenvalue weighted by Crippen LogP contribution is 2.45. The molecule has 0 saturated heterocycles. The Kier molecular flexibility index (Phi) is 4.65. The average molecular weight is 410 g/mol. The molecule has 5 rings (SSSR count). The Morgan fingerprint density at radius 1 is 0.931 bits per heavy atom. The Bertz CT molecular complexity index is 1330. The summed E-state index contributed by atoms with van der Waals surface area (Å²) < 4.78 is 2.26. The number of hydrogen-bond donors (Lipinski definition) is 0. The highest BCUT2D eigenvalue weighted by atomic mass is 32.2. The summed E-state index contributed by atoms with van der Waals surface area (Å²) in [7, 11) is 0. The minimum atomic E-state index is 0.733. The van der Waals surface area contributed by atoms with Crippen molar-refractivity contribution in [1.82, 2.24) is 8.96 Å². The standard InChI is InChI=1S/C24H15N3S2/c25-15-22-20(12-14-28-22)23-19-10-4-5-11-21(19)27(29-18-9-6-13-26-16-18)24(23)17-7-2-1-3-8-17/h1-14,16H. The van der Waals surface area contributed by atoms with Crippen LogP contribution >= 0.6 is 23.3 Å². The number of benzene rings is 2. The van der Waals surface area contributed by atoms with Crippen molar-refractivity contribution in [2.75, 3.05) is 0 Å². The maximum absolute atomic E-state index is 9.68. The van der Waals surface area contributed by atoms with Crippen molar-refractivity contribution in [2.24, 2.45) is 0 Å². The van der Waals surface area contributed by atoms with Crippen LogP contribution in [0.15, 0.2) is 95.5 Å². The van der Waals surface area contributed by atoms with E-state index in [1.807, 2.05) is 23.7 Å². The zero-order valence-electron chi connectivity index (χ0n) is 15.3. The van der Waals surface area contributed by atoms with Crippen LogP contribution in [-0.4, -0.2) is 8.96 Å². The molecule has 0 radical (unpaired) electrons. The molecule has 0 aliphatic heterocycles. The number of aromatic nitrogens is 2. The van der Waals surface area contributed by atoms with Crippen molar-refractivity contribution in [3.8, 4) is 28.5 Å². The molecule has 2 aromatic carbocycles. The number of fused-ring (bicyclic) bond motifs is 1. The monoisotopic (exact) mass is 409 g/mol. The molecule has 5 aromatic rings. The van der Waals surface area contributed by atoms with Gasteiger partial charge in [-0.1, -0.05) is 48.5 Å². The van der Waals surface area contributed by atoms with Gasteiger partial charge < -0.3 is 0 Å². The van der Waals surface area contributed by atoms with Gasteiger partial charge in [-0.15, -0.1) is 11.3 Å². The van der Waals surface area contributed by atoms with Crippen LogP contribution in [0.5, 0.6) is 0 Å². The summed E-state index contributed by atoms with van der Waals surface area (Å²) in [4.78, 5) is 6.06. The van der Waals surface area contributed by atoms with Gasteiger partial charge in [-0.05, 0) is 47.2 Å². The molecule has 0 N–H and O–H groups in total. The van der Waals surface area contributed by atoms with Crippen LogP contribution in [0.3, 0.4) is 0 Å². The highest BCUT2D eigenvalue weighted by molar-refractivity contribution is 7.98. The van der Waals surface area contributed by atoms with E-state index in [1.54, 1.807) is 18.1 Å². The lowest BCUT2D eigenvalue weighted by atomic mass is 9.99. The van der Waals surface area contributed by atoms with Crippen LogP contribution in [0.1, 0.15) is 4.88 Å². The molecule has 0 aliphatic carbocycles. The minimum Gasteiger partial charge on any atom is -0.278 e. The molecule has 0 unspecified atom stereocenters. The van der Waals surface area contributed by atoms with Crippen LogP contribution in [0.25, 0.3) is 33.3 Å². The molecule has 3 nitrogen and oxygen atoms in total. The number of para-hydroxylation sites is 1. The van der Waals surface area contributed by atoms with Crippen molar-refractivity contribution >= 4 is 34.2 Å². The first-order valence-corrected chi connectivity index (χ1v) is 10.8. The lowest BCUT2D eigenvalue weighted by Gasteiger charge is -2.11. The molecule has 0 bridgehead atoms. The second-order valence-corrected chi connectivity index (χ2v) is 8.39. The van der Waals surface area contributed by atoms with Crippen molar-refractivity contribution in [2.45, 2.75) is 4.90 Å². The van der Waals surface area contributed by atoms with E-state index >= 15 is 0 Å². The Morgan fingerprint density at radius 3 is 2.55 bits per heavy atom. The normalized spacial score (nSPS) is 10.9. The second kappa shape index (κ2) is 7.59. The van der Waals surface area contributed by atoms with Gasteiger partial charge in [0, 0.05) is 33.8 Å². The number of rotatable bonds is 4. The molecule has 3 aromatic heterocycles. The topological polar surface area (TPSA) is 41.6 Å². The summed E-state index contributed by atoms with van der Waals surface area (Å²) in [6, 6.07) is 27.2. The van der Waals surface area contributed by atoms with Crippen molar-refractivity contribution in [3.63, 3.8) is 0 Å². The van der Waals surface area contributed by atoms with Crippen LogP contribution in [0.4, 0.5) is 0 Å². The number of nitriles is 1. The molecule has 0 amide bonds. The van der Waals surface area contributed by atoms with E-state index in [2.05, 4.69) is 75.7 Å². The van der Waals surface area contributed by atoms with E-state index < -0.39 is 0 Å². The van der Waals surface area contributed by atoms with E-state index in [0.717, 1.165) is 43.1 Å². The predicted molar refractivity (Wildman–Crippen MR) is 121 cm³/mol. The third-order valence-corrected chi connectivity index (χ3v) is 6.58. The quantitative estimate of drug-likeness (QED) is 0.326. The first kappa shape index (κ1) is 17.7. The highest BCUT2D eigenvalue weighted by Gasteiger charge is 2.23. The van der Waals surface area contributed by atoms with Crippen molar-refractivity contribution < 1.29 is 0 Å². The molecule has 0 fully saturated rings. The van der Waals surface area contributed by atoms with E-state index in [4.69, 9.17) is 0 Å². The van der Waals surface area contributed by atoms with E-state index in [1.165, 1.54) is 11.3 Å². The van der Waals surface area contributed by atoms with Gasteiger partial charge in [0.1, 0.15) is 10.9 Å². The van der Waals surface area contributed by atoms with Crippen LogP contribution in [-0.2, 0) is 0 Å². The van der Waals surface area contributed by atoms with E-state index in [-0.39, 0.29) is 0 Å². The molecular weight excluding hydrogens is 394 g/mol. The summed E-state index contributed by atoms with van der Waals surface area (Å²) in [5.41, 5.74) is 5.41. The largest absolute Gasteiger partial charge is 0.278 e. The molecular formula is C24H15N3S2. The summed E-state index contributed by atoms with van der Waals surface area (Å²) in [6.45, 7) is 0. The lowest BCUT2D eigenvalue weighted by Crippen LogP contribution is -1.92. The summed E-state index contributed by atoms with van der Waals surface area (Å²) in [5.74, 6) is 0. The zero-order chi connectivity index (χ0) is 19.6. The first-order valence-electron chi connectivity index (χ1n) is 9.12. The van der Waals surface area contributed by atoms with E-state index in [0.29, 0.717) is 0 Å². The fourth-order valence-electron chi connectivity index (χ4n) is 3.54. The molecule has 5 heteroatoms. The van der Waals surface area contributed by atoms with Gasteiger partial charge in [-0.25, -0.2) is 0 Å². The van der Waals surface area contributed by atoms with Gasteiger partial charge in [0.25, 0.3) is 0 Å². The smallest absolute Gasteiger partial charge is 0.112 e. The third-order valence-electron chi connectivity index (χ3n) is 4.75.